The molecule has 0 atom stereocenters. The second-order valence-corrected chi connectivity index (χ2v) is 20.2. The number of nitrogens with zero attached hydrogens (tertiary/aromatic N) is 3. The Hall–Kier alpha value is -2.13. The molecule has 0 unspecified atom stereocenters. The van der Waals surface area contributed by atoms with Gasteiger partial charge in [-0.2, -0.15) is 35.3 Å². The van der Waals surface area contributed by atoms with Crippen LogP contribution in [0.4, 0.5) is 0 Å². The number of carbonyl (C=O) groups excluding carboxylic acids is 3. The van der Waals surface area contributed by atoms with E-state index in [2.05, 4.69) is 20.8 Å². The molecule has 0 aliphatic rings. The average Bonchev–Trinajstić information content (AvgIpc) is 3.27. The topological polar surface area (TPSA) is 145 Å². The molecule has 0 radical (unpaired) electrons. The van der Waals surface area contributed by atoms with E-state index in [0.717, 1.165) is 48.2 Å². The van der Waals surface area contributed by atoms with Gasteiger partial charge in [0.2, 0.25) is 0 Å². The molecule has 0 aliphatic heterocycles. The van der Waals surface area contributed by atoms with Gasteiger partial charge in [-0.05, 0) is 73.0 Å². The number of thioether (sulfide) groups is 3. The maximum absolute atomic E-state index is 13.5. The van der Waals surface area contributed by atoms with Crippen LogP contribution in [0.5, 0.6) is 0 Å². The summed E-state index contributed by atoms with van der Waals surface area (Å²) < 4.78 is 18.7. The third kappa shape index (κ3) is 32.2. The van der Waals surface area contributed by atoms with Crippen LogP contribution in [0.25, 0.3) is 0 Å². The summed E-state index contributed by atoms with van der Waals surface area (Å²) in [6.07, 6.45) is 29.3. The maximum atomic E-state index is 13.5. The Balaban J connectivity index is 2.66. The fourth-order valence-electron chi connectivity index (χ4n) is 6.97. The highest BCUT2D eigenvalue weighted by molar-refractivity contribution is 7.99. The largest absolute Gasteiger partial charge is 0.464 e. The van der Waals surface area contributed by atoms with Gasteiger partial charge in [-0.25, -0.2) is 28.1 Å². The fraction of sp³-hybridized carbons (Fsp3) is 0.875. The van der Waals surface area contributed by atoms with Crippen molar-refractivity contribution in [3.05, 3.63) is 31.5 Å². The normalized spacial score (nSPS) is 11.3. The number of hydrogen-bond acceptors (Lipinski definition) is 12. The minimum Gasteiger partial charge on any atom is -0.464 e. The molecule has 1 heterocycles. The first-order chi connectivity index (χ1) is 30.8. The lowest BCUT2D eigenvalue weighted by molar-refractivity contribution is -0.144. The van der Waals surface area contributed by atoms with E-state index >= 15 is 0 Å². The highest BCUT2D eigenvalue weighted by atomic mass is 32.2. The van der Waals surface area contributed by atoms with Crippen molar-refractivity contribution < 1.29 is 28.6 Å². The van der Waals surface area contributed by atoms with Gasteiger partial charge in [0.1, 0.15) is 19.8 Å². The number of unbranched alkanes of at least 4 members (excludes halogenated alkanes) is 18. The number of aromatic nitrogens is 3. The van der Waals surface area contributed by atoms with Crippen LogP contribution in [0, 0.1) is 0 Å². The minimum atomic E-state index is -0.886. The van der Waals surface area contributed by atoms with Crippen molar-refractivity contribution in [2.24, 2.45) is 0 Å². The van der Waals surface area contributed by atoms with Crippen LogP contribution in [-0.4, -0.2) is 85.9 Å². The smallest absolute Gasteiger partial charge is 0.336 e. The summed E-state index contributed by atoms with van der Waals surface area (Å²) in [5.41, 5.74) is -2.66. The lowest BCUT2D eigenvalue weighted by Crippen LogP contribution is -2.55. The SMILES string of the molecule is CCCCCCCCCSCCCC(=O)OCCn1c(=O)n(CCOC(=O)CCCSCCCCCCCCC)c(=O)n(CCOC(=O)CCCSCCCCCCCCC)c1=O. The lowest BCUT2D eigenvalue weighted by atomic mass is 10.1. The average molecular weight is 946 g/mol. The number of rotatable bonds is 45. The first-order valence-electron chi connectivity index (χ1n) is 24.9. The Morgan fingerprint density at radius 3 is 0.825 bits per heavy atom. The summed E-state index contributed by atoms with van der Waals surface area (Å²) in [7, 11) is 0. The van der Waals surface area contributed by atoms with E-state index in [-0.39, 0.29) is 58.7 Å². The zero-order valence-corrected chi connectivity index (χ0v) is 42.3. The van der Waals surface area contributed by atoms with E-state index in [4.69, 9.17) is 14.2 Å². The molecule has 0 saturated heterocycles. The Labute approximate surface area is 393 Å². The van der Waals surface area contributed by atoms with Crippen molar-refractivity contribution >= 4 is 53.2 Å². The summed E-state index contributed by atoms with van der Waals surface area (Å²) in [6.45, 7) is 5.20. The molecule has 0 saturated carbocycles. The van der Waals surface area contributed by atoms with Crippen LogP contribution < -0.4 is 17.1 Å². The zero-order valence-electron chi connectivity index (χ0n) is 39.8. The molecular weight excluding hydrogens is 859 g/mol. The summed E-state index contributed by atoms with van der Waals surface area (Å²) in [6, 6.07) is 0. The van der Waals surface area contributed by atoms with Gasteiger partial charge in [0.25, 0.3) is 0 Å². The van der Waals surface area contributed by atoms with E-state index in [1.165, 1.54) is 135 Å². The van der Waals surface area contributed by atoms with Crippen molar-refractivity contribution in [1.29, 1.82) is 0 Å². The van der Waals surface area contributed by atoms with Crippen LogP contribution in [-0.2, 0) is 48.2 Å². The predicted molar refractivity (Wildman–Crippen MR) is 266 cm³/mol. The van der Waals surface area contributed by atoms with E-state index < -0.39 is 35.0 Å². The molecule has 0 amide bonds. The molecular formula is C48H87N3O9S3. The van der Waals surface area contributed by atoms with Crippen molar-refractivity contribution in [2.45, 2.75) is 214 Å². The Bertz CT molecular complexity index is 1280. The minimum absolute atomic E-state index is 0.227. The first-order valence-corrected chi connectivity index (χ1v) is 28.4. The van der Waals surface area contributed by atoms with E-state index in [1.807, 2.05) is 35.3 Å². The molecule has 366 valence electrons. The molecule has 0 aliphatic carbocycles. The van der Waals surface area contributed by atoms with Crippen molar-refractivity contribution in [2.75, 3.05) is 54.3 Å². The van der Waals surface area contributed by atoms with Crippen molar-refractivity contribution in [3.63, 3.8) is 0 Å². The monoisotopic (exact) mass is 946 g/mol. The molecule has 0 bridgehead atoms. The maximum Gasteiger partial charge on any atom is 0.336 e. The van der Waals surface area contributed by atoms with Gasteiger partial charge in [-0.3, -0.25) is 14.4 Å². The Kier molecular flexibility index (Phi) is 39.7. The molecule has 0 fully saturated rings. The van der Waals surface area contributed by atoms with Crippen LogP contribution in [0.2, 0.25) is 0 Å². The molecule has 15 heteroatoms. The summed E-state index contributed by atoms with van der Waals surface area (Å²) in [5.74, 6) is 4.53. The van der Waals surface area contributed by atoms with E-state index in [1.54, 1.807) is 0 Å². The van der Waals surface area contributed by atoms with Gasteiger partial charge in [0.15, 0.2) is 0 Å². The molecule has 1 rings (SSSR count). The first kappa shape index (κ1) is 58.9. The fourth-order valence-corrected chi connectivity index (χ4v) is 9.85. The van der Waals surface area contributed by atoms with Crippen LogP contribution in [0.3, 0.4) is 0 Å². The molecule has 0 N–H and O–H groups in total. The number of carbonyl (C=O) groups is 3. The molecule has 12 nitrogen and oxygen atoms in total. The zero-order chi connectivity index (χ0) is 46.0. The third-order valence-electron chi connectivity index (χ3n) is 10.8. The van der Waals surface area contributed by atoms with Crippen LogP contribution in [0.1, 0.15) is 194 Å². The van der Waals surface area contributed by atoms with Gasteiger partial charge < -0.3 is 14.2 Å². The van der Waals surface area contributed by atoms with Gasteiger partial charge >= 0.3 is 35.0 Å². The number of esters is 3. The number of ether oxygens (including phenoxy) is 3. The molecule has 1 aromatic rings. The van der Waals surface area contributed by atoms with Gasteiger partial charge in [0.05, 0.1) is 19.6 Å². The molecule has 0 aromatic carbocycles. The van der Waals surface area contributed by atoms with Crippen LogP contribution >= 0.6 is 35.3 Å². The predicted octanol–water partition coefficient (Wildman–Crippen LogP) is 10.6. The highest BCUT2D eigenvalue weighted by Crippen LogP contribution is 2.15. The summed E-state index contributed by atoms with van der Waals surface area (Å²) in [5, 5.41) is 0. The second-order valence-electron chi connectivity index (χ2n) is 16.5. The van der Waals surface area contributed by atoms with Gasteiger partial charge in [0, 0.05) is 19.3 Å². The highest BCUT2D eigenvalue weighted by Gasteiger charge is 2.17. The Morgan fingerprint density at radius 2 is 0.571 bits per heavy atom. The molecule has 63 heavy (non-hydrogen) atoms. The van der Waals surface area contributed by atoms with Crippen molar-refractivity contribution in [3.8, 4) is 0 Å². The summed E-state index contributed by atoms with van der Waals surface area (Å²) >= 11 is 5.50. The van der Waals surface area contributed by atoms with E-state index in [0.29, 0.717) is 19.3 Å². The summed E-state index contributed by atoms with van der Waals surface area (Å²) in [4.78, 5) is 77.9. The van der Waals surface area contributed by atoms with Crippen LogP contribution in [0.15, 0.2) is 14.4 Å². The van der Waals surface area contributed by atoms with Gasteiger partial charge in [-0.1, -0.05) is 136 Å². The van der Waals surface area contributed by atoms with E-state index in [9.17, 15) is 28.8 Å². The molecule has 0 spiro atoms. The third-order valence-corrected chi connectivity index (χ3v) is 14.3. The molecule has 1 aromatic heterocycles. The quantitative estimate of drug-likeness (QED) is 0.0349. The van der Waals surface area contributed by atoms with Gasteiger partial charge in [-0.15, -0.1) is 0 Å². The number of hydrogen-bond donors (Lipinski definition) is 0. The lowest BCUT2D eigenvalue weighted by Gasteiger charge is -2.14. The van der Waals surface area contributed by atoms with Crippen molar-refractivity contribution in [1.82, 2.24) is 13.7 Å². The Morgan fingerprint density at radius 1 is 0.349 bits per heavy atom. The second kappa shape index (κ2) is 42.5. The standard InChI is InChI=1S/C48H87N3O9S3/c1-4-7-10-13-16-19-22-37-61-40-25-28-43(52)58-34-31-49-46(55)50(32-35-59-44(53)29-26-41-62-38-23-20-17-14-11-8-5-2)48(57)51(47(49)56)33-36-60-45(54)30-27-42-63-39-24-21-18-15-12-9-6-3/h4-42H2,1-3H3.